The molecule has 1 aliphatic rings. The van der Waals surface area contributed by atoms with Gasteiger partial charge in [-0.05, 0) is 12.8 Å². The van der Waals surface area contributed by atoms with Gasteiger partial charge in [0.2, 0.25) is 0 Å². The van der Waals surface area contributed by atoms with Crippen LogP contribution in [0.25, 0.3) is 0 Å². The second-order valence-corrected chi connectivity index (χ2v) is 8.04. The summed E-state index contributed by atoms with van der Waals surface area (Å²) in [6, 6.07) is -0.216. The summed E-state index contributed by atoms with van der Waals surface area (Å²) in [6.07, 6.45) is 4.37. The van der Waals surface area contributed by atoms with Crippen LogP contribution in [-0.2, 0) is 11.8 Å². The lowest BCUT2D eigenvalue weighted by atomic mass is 9.98. The predicted molar refractivity (Wildman–Crippen MR) is 89.3 cm³/mol. The fourth-order valence-corrected chi connectivity index (χ4v) is 3.53. The minimum Gasteiger partial charge on any atom is -0.388 e. The predicted octanol–water partition coefficient (Wildman–Crippen LogP) is 2.59. The van der Waals surface area contributed by atoms with Crippen LogP contribution in [0, 0.1) is 0 Å². The minimum absolute atomic E-state index is 0.0739. The van der Waals surface area contributed by atoms with Gasteiger partial charge in [0.15, 0.2) is 0 Å². The van der Waals surface area contributed by atoms with Gasteiger partial charge in [0.1, 0.15) is 0 Å². The van der Waals surface area contributed by atoms with E-state index in [4.69, 9.17) is 0 Å². The van der Waals surface area contributed by atoms with Crippen molar-refractivity contribution < 1.29 is 9.90 Å². The van der Waals surface area contributed by atoms with Crippen LogP contribution >= 0.6 is 11.3 Å². The molecular formula is C16H27N3O2S. The Balaban J connectivity index is 1.67. The largest absolute Gasteiger partial charge is 0.388 e. The van der Waals surface area contributed by atoms with Crippen molar-refractivity contribution in [1.82, 2.24) is 15.6 Å². The Morgan fingerprint density at radius 1 is 1.36 bits per heavy atom. The maximum atomic E-state index is 11.7. The van der Waals surface area contributed by atoms with Gasteiger partial charge in [0.25, 0.3) is 0 Å². The van der Waals surface area contributed by atoms with E-state index < -0.39 is 5.60 Å². The molecule has 1 heterocycles. The molecule has 0 aliphatic heterocycles. The maximum Gasteiger partial charge on any atom is 0.314 e. The van der Waals surface area contributed by atoms with Crippen LogP contribution in [0.1, 0.15) is 57.2 Å². The first-order chi connectivity index (χ1) is 10.3. The van der Waals surface area contributed by atoms with Crippen molar-refractivity contribution >= 4 is 17.4 Å². The molecule has 3 N–H and O–H groups in total. The molecule has 6 heteroatoms. The highest BCUT2D eigenvalue weighted by molar-refractivity contribution is 7.09. The van der Waals surface area contributed by atoms with Crippen LogP contribution < -0.4 is 10.6 Å². The van der Waals surface area contributed by atoms with Gasteiger partial charge in [0, 0.05) is 30.3 Å². The van der Waals surface area contributed by atoms with Crippen molar-refractivity contribution in [2.75, 3.05) is 13.1 Å². The third kappa shape index (κ3) is 4.95. The van der Waals surface area contributed by atoms with Gasteiger partial charge in [-0.1, -0.05) is 33.6 Å². The van der Waals surface area contributed by atoms with Crippen LogP contribution in [-0.4, -0.2) is 34.8 Å². The number of nitrogens with zero attached hydrogens (tertiary/aromatic N) is 1. The number of rotatable bonds is 5. The second-order valence-electron chi connectivity index (χ2n) is 7.18. The summed E-state index contributed by atoms with van der Waals surface area (Å²) in [7, 11) is 0. The zero-order valence-corrected chi connectivity index (χ0v) is 14.6. The molecular weight excluding hydrogens is 298 g/mol. The second kappa shape index (κ2) is 6.96. The molecule has 1 aromatic rings. The molecule has 124 valence electrons. The number of hydrogen-bond acceptors (Lipinski definition) is 4. The highest BCUT2D eigenvalue weighted by Gasteiger charge is 2.31. The van der Waals surface area contributed by atoms with E-state index in [9.17, 15) is 9.90 Å². The van der Waals surface area contributed by atoms with Gasteiger partial charge >= 0.3 is 6.03 Å². The molecule has 0 bridgehead atoms. The first kappa shape index (κ1) is 17.2. The first-order valence-corrected chi connectivity index (χ1v) is 8.85. The molecule has 1 aliphatic carbocycles. The lowest BCUT2D eigenvalue weighted by Gasteiger charge is -2.22. The summed E-state index contributed by atoms with van der Waals surface area (Å²) in [5, 5.41) is 18.9. The quantitative estimate of drug-likeness (QED) is 0.779. The Labute approximate surface area is 136 Å². The van der Waals surface area contributed by atoms with Crippen molar-refractivity contribution in [2.45, 2.75) is 63.9 Å². The molecule has 1 fully saturated rings. The molecule has 0 spiro atoms. The minimum atomic E-state index is -0.701. The van der Waals surface area contributed by atoms with Gasteiger partial charge in [-0.15, -0.1) is 11.3 Å². The molecule has 1 aromatic heterocycles. The summed E-state index contributed by atoms with van der Waals surface area (Å²) in [6.45, 7) is 7.33. The molecule has 0 saturated heterocycles. The van der Waals surface area contributed by atoms with E-state index in [-0.39, 0.29) is 11.4 Å². The SMILES string of the molecule is CC(C)(C)c1nc(CCNC(=O)NCC2(O)CCCC2)cs1. The Kier molecular flexibility index (Phi) is 5.45. The fourth-order valence-electron chi connectivity index (χ4n) is 2.59. The first-order valence-electron chi connectivity index (χ1n) is 7.97. The van der Waals surface area contributed by atoms with Gasteiger partial charge in [-0.25, -0.2) is 9.78 Å². The van der Waals surface area contributed by atoms with Crippen LogP contribution in [0.2, 0.25) is 0 Å². The summed E-state index contributed by atoms with van der Waals surface area (Å²) in [5.41, 5.74) is 0.392. The average molecular weight is 325 g/mol. The number of carbonyl (C=O) groups excluding carboxylic acids is 1. The van der Waals surface area contributed by atoms with E-state index >= 15 is 0 Å². The third-order valence-electron chi connectivity index (χ3n) is 3.97. The smallest absolute Gasteiger partial charge is 0.314 e. The number of urea groups is 1. The van der Waals surface area contributed by atoms with Crippen molar-refractivity contribution in [2.24, 2.45) is 0 Å². The molecule has 2 amide bonds. The van der Waals surface area contributed by atoms with E-state index in [1.54, 1.807) is 11.3 Å². The summed E-state index contributed by atoms with van der Waals surface area (Å²) >= 11 is 1.67. The normalized spacial score (nSPS) is 17.5. The number of aliphatic hydroxyl groups is 1. The van der Waals surface area contributed by atoms with E-state index in [0.717, 1.165) is 42.8 Å². The van der Waals surface area contributed by atoms with Gasteiger partial charge in [-0.2, -0.15) is 0 Å². The standard InChI is InChI=1S/C16H27N3O2S/c1-15(2,3)13-19-12(10-22-13)6-9-17-14(20)18-11-16(21)7-4-5-8-16/h10,21H,4-9,11H2,1-3H3,(H2,17,18,20). The Bertz CT molecular complexity index is 502. The molecule has 0 aromatic carbocycles. The maximum absolute atomic E-state index is 11.7. The summed E-state index contributed by atoms with van der Waals surface area (Å²) in [4.78, 5) is 16.4. The molecule has 0 atom stereocenters. The lowest BCUT2D eigenvalue weighted by molar-refractivity contribution is 0.0501. The van der Waals surface area contributed by atoms with Crippen LogP contribution in [0.3, 0.4) is 0 Å². The van der Waals surface area contributed by atoms with Gasteiger partial charge in [-0.3, -0.25) is 0 Å². The van der Waals surface area contributed by atoms with Gasteiger partial charge < -0.3 is 15.7 Å². The third-order valence-corrected chi connectivity index (χ3v) is 5.29. The molecule has 0 unspecified atom stereocenters. The zero-order chi connectivity index (χ0) is 16.2. The number of hydrogen-bond donors (Lipinski definition) is 3. The van der Waals surface area contributed by atoms with E-state index in [1.165, 1.54) is 0 Å². The summed E-state index contributed by atoms with van der Waals surface area (Å²) < 4.78 is 0. The average Bonchev–Trinajstić information content (AvgIpc) is 3.06. The monoisotopic (exact) mass is 325 g/mol. The number of amides is 2. The Hall–Kier alpha value is -1.14. The highest BCUT2D eigenvalue weighted by Crippen LogP contribution is 2.28. The van der Waals surface area contributed by atoms with Crippen molar-refractivity contribution in [3.63, 3.8) is 0 Å². The fraction of sp³-hybridized carbons (Fsp3) is 0.750. The van der Waals surface area contributed by atoms with Gasteiger partial charge in [0.05, 0.1) is 16.3 Å². The zero-order valence-electron chi connectivity index (χ0n) is 13.7. The van der Waals surface area contributed by atoms with E-state index in [1.807, 2.05) is 0 Å². The number of aromatic nitrogens is 1. The van der Waals surface area contributed by atoms with Crippen molar-refractivity contribution in [3.05, 3.63) is 16.1 Å². The van der Waals surface area contributed by atoms with Crippen molar-refractivity contribution in [1.29, 1.82) is 0 Å². The number of nitrogens with one attached hydrogen (secondary N) is 2. The van der Waals surface area contributed by atoms with E-state index in [0.29, 0.717) is 13.1 Å². The molecule has 2 rings (SSSR count). The van der Waals surface area contributed by atoms with Crippen LogP contribution in [0.5, 0.6) is 0 Å². The summed E-state index contributed by atoms with van der Waals surface area (Å²) in [5.74, 6) is 0. The molecule has 1 saturated carbocycles. The molecule has 0 radical (unpaired) electrons. The highest BCUT2D eigenvalue weighted by atomic mass is 32.1. The molecule has 5 nitrogen and oxygen atoms in total. The Morgan fingerprint density at radius 2 is 2.05 bits per heavy atom. The van der Waals surface area contributed by atoms with Crippen LogP contribution in [0.4, 0.5) is 4.79 Å². The van der Waals surface area contributed by atoms with E-state index in [2.05, 4.69) is 41.8 Å². The number of carbonyl (C=O) groups is 1. The topological polar surface area (TPSA) is 74.2 Å². The molecule has 22 heavy (non-hydrogen) atoms. The lowest BCUT2D eigenvalue weighted by Crippen LogP contribution is -2.45. The van der Waals surface area contributed by atoms with Crippen LogP contribution in [0.15, 0.2) is 5.38 Å². The Morgan fingerprint density at radius 3 is 2.64 bits per heavy atom. The van der Waals surface area contributed by atoms with Crippen molar-refractivity contribution in [3.8, 4) is 0 Å². The number of thiazole rings is 1.